The highest BCUT2D eigenvalue weighted by Gasteiger charge is 2.37. The van der Waals surface area contributed by atoms with Crippen LogP contribution in [0, 0.1) is 5.92 Å². The molecule has 2 aliphatic carbocycles. The summed E-state index contributed by atoms with van der Waals surface area (Å²) in [5.74, 6) is 0.870. The van der Waals surface area contributed by atoms with Gasteiger partial charge in [0.1, 0.15) is 0 Å². The van der Waals surface area contributed by atoms with Crippen LogP contribution in [0.3, 0.4) is 0 Å². The molecule has 0 aromatic heterocycles. The molecule has 3 nitrogen and oxygen atoms in total. The quantitative estimate of drug-likeness (QED) is 0.701. The Balaban J connectivity index is 1.75. The number of methoxy groups -OCH3 is 1. The second kappa shape index (κ2) is 6.17. The van der Waals surface area contributed by atoms with Gasteiger partial charge in [0.05, 0.1) is 6.61 Å². The standard InChI is InChI=1S/C14H28N2O/c1-11(2)16(8-9-17-3)14-7-4-12(14)10-15-13-5-6-13/h11-15H,4-10H2,1-3H3. The Morgan fingerprint density at radius 1 is 1.24 bits per heavy atom. The maximum absolute atomic E-state index is 5.23. The first-order chi connectivity index (χ1) is 8.22. The molecule has 2 aliphatic rings. The third-order valence-corrected chi connectivity index (χ3v) is 4.27. The molecule has 2 atom stereocenters. The van der Waals surface area contributed by atoms with Crippen molar-refractivity contribution in [3.63, 3.8) is 0 Å². The fourth-order valence-corrected chi connectivity index (χ4v) is 2.84. The van der Waals surface area contributed by atoms with Gasteiger partial charge in [0.2, 0.25) is 0 Å². The largest absolute Gasteiger partial charge is 0.383 e. The number of nitrogens with one attached hydrogen (secondary N) is 1. The van der Waals surface area contributed by atoms with Gasteiger partial charge in [-0.25, -0.2) is 0 Å². The van der Waals surface area contributed by atoms with Crippen molar-refractivity contribution < 1.29 is 4.74 Å². The van der Waals surface area contributed by atoms with Gasteiger partial charge < -0.3 is 10.1 Å². The van der Waals surface area contributed by atoms with Crippen LogP contribution in [0.25, 0.3) is 0 Å². The first-order valence-electron chi connectivity index (χ1n) is 7.20. The van der Waals surface area contributed by atoms with Crippen molar-refractivity contribution >= 4 is 0 Å². The second-order valence-electron chi connectivity index (χ2n) is 5.91. The van der Waals surface area contributed by atoms with Crippen LogP contribution >= 0.6 is 0 Å². The third-order valence-electron chi connectivity index (χ3n) is 4.27. The van der Waals surface area contributed by atoms with Crippen molar-refractivity contribution in [2.75, 3.05) is 26.8 Å². The Bertz CT molecular complexity index is 228. The van der Waals surface area contributed by atoms with E-state index in [1.807, 2.05) is 0 Å². The smallest absolute Gasteiger partial charge is 0.0589 e. The van der Waals surface area contributed by atoms with E-state index in [0.717, 1.165) is 31.2 Å². The van der Waals surface area contributed by atoms with Crippen LogP contribution in [0.2, 0.25) is 0 Å². The van der Waals surface area contributed by atoms with Crippen molar-refractivity contribution in [2.45, 2.75) is 57.7 Å². The van der Waals surface area contributed by atoms with Crippen LogP contribution in [0.1, 0.15) is 39.5 Å². The molecule has 0 aromatic carbocycles. The molecule has 2 rings (SSSR count). The van der Waals surface area contributed by atoms with Gasteiger partial charge in [-0.2, -0.15) is 0 Å². The summed E-state index contributed by atoms with van der Waals surface area (Å²) >= 11 is 0. The van der Waals surface area contributed by atoms with E-state index in [-0.39, 0.29) is 0 Å². The number of hydrogen-bond donors (Lipinski definition) is 1. The highest BCUT2D eigenvalue weighted by Crippen LogP contribution is 2.33. The van der Waals surface area contributed by atoms with E-state index in [1.165, 1.54) is 32.2 Å². The minimum atomic E-state index is 0.638. The zero-order valence-corrected chi connectivity index (χ0v) is 11.6. The molecule has 0 radical (unpaired) electrons. The highest BCUT2D eigenvalue weighted by atomic mass is 16.5. The maximum atomic E-state index is 5.23. The summed E-state index contributed by atoms with van der Waals surface area (Å²) in [4.78, 5) is 2.63. The molecule has 100 valence electrons. The highest BCUT2D eigenvalue weighted by molar-refractivity contribution is 4.93. The Labute approximate surface area is 106 Å². The van der Waals surface area contributed by atoms with Crippen molar-refractivity contribution in [2.24, 2.45) is 5.92 Å². The Morgan fingerprint density at radius 2 is 2.00 bits per heavy atom. The lowest BCUT2D eigenvalue weighted by atomic mass is 9.77. The second-order valence-corrected chi connectivity index (χ2v) is 5.91. The van der Waals surface area contributed by atoms with E-state index in [9.17, 15) is 0 Å². The molecular formula is C14H28N2O. The van der Waals surface area contributed by atoms with E-state index in [2.05, 4.69) is 24.1 Å². The van der Waals surface area contributed by atoms with Crippen LogP contribution < -0.4 is 5.32 Å². The number of ether oxygens (including phenoxy) is 1. The van der Waals surface area contributed by atoms with Crippen LogP contribution in [-0.2, 0) is 4.74 Å². The van der Waals surface area contributed by atoms with Gasteiger partial charge in [0.25, 0.3) is 0 Å². The monoisotopic (exact) mass is 240 g/mol. The van der Waals surface area contributed by atoms with Gasteiger partial charge >= 0.3 is 0 Å². The molecular weight excluding hydrogens is 212 g/mol. The molecule has 0 saturated heterocycles. The van der Waals surface area contributed by atoms with E-state index < -0.39 is 0 Å². The summed E-state index contributed by atoms with van der Waals surface area (Å²) in [6, 6.07) is 2.28. The van der Waals surface area contributed by atoms with Gasteiger partial charge in [0, 0.05) is 31.8 Å². The van der Waals surface area contributed by atoms with Gasteiger partial charge in [0.15, 0.2) is 0 Å². The number of nitrogens with zero attached hydrogens (tertiary/aromatic N) is 1. The predicted molar refractivity (Wildman–Crippen MR) is 71.3 cm³/mol. The molecule has 2 fully saturated rings. The van der Waals surface area contributed by atoms with Crippen molar-refractivity contribution in [3.8, 4) is 0 Å². The molecule has 0 spiro atoms. The minimum Gasteiger partial charge on any atom is -0.383 e. The van der Waals surface area contributed by atoms with Crippen LogP contribution in [0.15, 0.2) is 0 Å². The molecule has 0 bridgehead atoms. The molecule has 0 aliphatic heterocycles. The fourth-order valence-electron chi connectivity index (χ4n) is 2.84. The van der Waals surface area contributed by atoms with Crippen LogP contribution in [0.4, 0.5) is 0 Å². The first-order valence-corrected chi connectivity index (χ1v) is 7.20. The summed E-state index contributed by atoms with van der Waals surface area (Å²) in [6.07, 6.45) is 5.57. The summed E-state index contributed by atoms with van der Waals surface area (Å²) in [7, 11) is 1.80. The lowest BCUT2D eigenvalue weighted by Gasteiger charge is -2.46. The summed E-state index contributed by atoms with van der Waals surface area (Å²) < 4.78 is 5.23. The van der Waals surface area contributed by atoms with Crippen molar-refractivity contribution in [1.29, 1.82) is 0 Å². The maximum Gasteiger partial charge on any atom is 0.0589 e. The summed E-state index contributed by atoms with van der Waals surface area (Å²) in [5, 5.41) is 3.68. The summed E-state index contributed by atoms with van der Waals surface area (Å²) in [6.45, 7) is 7.78. The minimum absolute atomic E-state index is 0.638. The normalized spacial score (nSPS) is 28.8. The lowest BCUT2D eigenvalue weighted by molar-refractivity contribution is 0.0187. The summed E-state index contributed by atoms with van der Waals surface area (Å²) in [5.41, 5.74) is 0. The third kappa shape index (κ3) is 3.67. The molecule has 2 saturated carbocycles. The fraction of sp³-hybridized carbons (Fsp3) is 1.00. The number of rotatable bonds is 8. The molecule has 2 unspecified atom stereocenters. The molecule has 0 heterocycles. The Kier molecular flexibility index (Phi) is 4.83. The topological polar surface area (TPSA) is 24.5 Å². The molecule has 1 N–H and O–H groups in total. The predicted octanol–water partition coefficient (Wildman–Crippen LogP) is 1.87. The average molecular weight is 240 g/mol. The van der Waals surface area contributed by atoms with Crippen LogP contribution in [-0.4, -0.2) is 49.8 Å². The molecule has 0 aromatic rings. The van der Waals surface area contributed by atoms with E-state index in [4.69, 9.17) is 4.74 Å². The Hall–Kier alpha value is -0.120. The van der Waals surface area contributed by atoms with Gasteiger partial charge in [-0.1, -0.05) is 0 Å². The average Bonchev–Trinajstić information content (AvgIpc) is 3.06. The molecule has 0 amide bonds. The van der Waals surface area contributed by atoms with Gasteiger partial charge in [-0.3, -0.25) is 4.90 Å². The van der Waals surface area contributed by atoms with Crippen molar-refractivity contribution in [1.82, 2.24) is 10.2 Å². The van der Waals surface area contributed by atoms with Crippen molar-refractivity contribution in [3.05, 3.63) is 0 Å². The number of hydrogen-bond acceptors (Lipinski definition) is 3. The molecule has 3 heteroatoms. The lowest BCUT2D eigenvalue weighted by Crippen LogP contribution is -2.54. The zero-order chi connectivity index (χ0) is 12.3. The van der Waals surface area contributed by atoms with Gasteiger partial charge in [-0.15, -0.1) is 0 Å². The molecule has 17 heavy (non-hydrogen) atoms. The van der Waals surface area contributed by atoms with Crippen LogP contribution in [0.5, 0.6) is 0 Å². The van der Waals surface area contributed by atoms with E-state index >= 15 is 0 Å². The SMILES string of the molecule is COCCN(C(C)C)C1CCC1CNC1CC1. The van der Waals surface area contributed by atoms with E-state index in [1.54, 1.807) is 7.11 Å². The Morgan fingerprint density at radius 3 is 2.47 bits per heavy atom. The van der Waals surface area contributed by atoms with Gasteiger partial charge in [-0.05, 0) is 52.0 Å². The zero-order valence-electron chi connectivity index (χ0n) is 11.6. The first kappa shape index (κ1) is 13.3. The van der Waals surface area contributed by atoms with E-state index in [0.29, 0.717) is 6.04 Å².